The zero-order valence-electron chi connectivity index (χ0n) is 14.0. The van der Waals surface area contributed by atoms with Gasteiger partial charge in [-0.25, -0.2) is 0 Å². The molecule has 4 rings (SSSR count). The molecule has 0 fully saturated rings. The Balaban J connectivity index is 1.83. The molecule has 0 aliphatic carbocycles. The van der Waals surface area contributed by atoms with Gasteiger partial charge in [-0.15, -0.1) is 0 Å². The van der Waals surface area contributed by atoms with Crippen LogP contribution in [0.15, 0.2) is 78.9 Å². The molecule has 0 spiro atoms. The van der Waals surface area contributed by atoms with Crippen molar-refractivity contribution in [1.82, 2.24) is 0 Å². The van der Waals surface area contributed by atoms with Crippen molar-refractivity contribution in [2.75, 3.05) is 12.4 Å². The molecule has 1 unspecified atom stereocenters. The van der Waals surface area contributed by atoms with Gasteiger partial charge in [-0.2, -0.15) is 0 Å². The van der Waals surface area contributed by atoms with E-state index in [9.17, 15) is 4.79 Å². The summed E-state index contributed by atoms with van der Waals surface area (Å²) in [5, 5.41) is 3.51. The van der Waals surface area contributed by atoms with Crippen molar-refractivity contribution >= 4 is 11.5 Å². The summed E-state index contributed by atoms with van der Waals surface area (Å²) >= 11 is 0. The fourth-order valence-corrected chi connectivity index (χ4v) is 3.51. The largest absolute Gasteiger partial charge is 0.497 e. The van der Waals surface area contributed by atoms with Crippen LogP contribution in [0, 0.1) is 0 Å². The molecule has 124 valence electrons. The summed E-state index contributed by atoms with van der Waals surface area (Å²) < 4.78 is 5.27. The first kappa shape index (κ1) is 15.5. The second-order valence-electron chi connectivity index (χ2n) is 6.30. The fourth-order valence-electron chi connectivity index (χ4n) is 3.51. The van der Waals surface area contributed by atoms with Crippen molar-refractivity contribution in [3.05, 3.63) is 95.6 Å². The maximum absolute atomic E-state index is 13.4. The molecular formula is C22H19NO2. The first-order valence-corrected chi connectivity index (χ1v) is 8.33. The Morgan fingerprint density at radius 2 is 1.56 bits per heavy atom. The Kier molecular flexibility index (Phi) is 3.77. The Hall–Kier alpha value is -3.07. The molecule has 3 heteroatoms. The minimum absolute atomic E-state index is 0.108. The normalized spacial score (nSPS) is 18.5. The highest BCUT2D eigenvalue weighted by Crippen LogP contribution is 2.41. The molecule has 1 atom stereocenters. The van der Waals surface area contributed by atoms with E-state index in [1.54, 1.807) is 7.11 Å². The highest BCUT2D eigenvalue weighted by atomic mass is 16.5. The molecule has 0 amide bonds. The van der Waals surface area contributed by atoms with Gasteiger partial charge in [0.15, 0.2) is 5.78 Å². The lowest BCUT2D eigenvalue weighted by atomic mass is 9.80. The number of benzene rings is 3. The standard InChI is InChI=1S/C22H19NO2/c1-25-18-13-11-17(12-14-18)22(15-16-7-3-2-4-8-16)21(24)19-9-5-6-10-20(19)23-22/h2-14,23H,15H2,1H3. The number of carbonyl (C=O) groups is 1. The summed E-state index contributed by atoms with van der Waals surface area (Å²) in [7, 11) is 1.64. The zero-order chi connectivity index (χ0) is 17.3. The lowest BCUT2D eigenvalue weighted by Gasteiger charge is -2.29. The molecule has 1 aliphatic heterocycles. The van der Waals surface area contributed by atoms with Crippen molar-refractivity contribution in [3.63, 3.8) is 0 Å². The highest BCUT2D eigenvalue weighted by molar-refractivity contribution is 6.13. The molecule has 0 radical (unpaired) electrons. The van der Waals surface area contributed by atoms with Crippen LogP contribution in [-0.4, -0.2) is 12.9 Å². The zero-order valence-corrected chi connectivity index (χ0v) is 14.0. The number of methoxy groups -OCH3 is 1. The molecular weight excluding hydrogens is 310 g/mol. The second kappa shape index (κ2) is 6.10. The van der Waals surface area contributed by atoms with Crippen molar-refractivity contribution in [2.24, 2.45) is 0 Å². The van der Waals surface area contributed by atoms with Crippen LogP contribution in [-0.2, 0) is 12.0 Å². The number of anilines is 1. The maximum atomic E-state index is 13.4. The number of carbonyl (C=O) groups excluding carboxylic acids is 1. The SMILES string of the molecule is COc1ccc(C2(Cc3ccccc3)Nc3ccccc3C2=O)cc1. The minimum atomic E-state index is -0.794. The number of nitrogens with one attached hydrogen (secondary N) is 1. The molecule has 3 aromatic rings. The number of ether oxygens (including phenoxy) is 1. The van der Waals surface area contributed by atoms with E-state index < -0.39 is 5.54 Å². The summed E-state index contributed by atoms with van der Waals surface area (Å²) in [6.45, 7) is 0. The van der Waals surface area contributed by atoms with E-state index in [-0.39, 0.29) is 5.78 Å². The van der Waals surface area contributed by atoms with Crippen LogP contribution >= 0.6 is 0 Å². The van der Waals surface area contributed by atoms with Gasteiger partial charge in [0, 0.05) is 17.7 Å². The highest BCUT2D eigenvalue weighted by Gasteiger charge is 2.46. The van der Waals surface area contributed by atoms with Gasteiger partial charge < -0.3 is 10.1 Å². The van der Waals surface area contributed by atoms with Crippen LogP contribution in [0.25, 0.3) is 0 Å². The van der Waals surface area contributed by atoms with E-state index in [1.165, 1.54) is 0 Å². The summed E-state index contributed by atoms with van der Waals surface area (Å²) in [5.41, 5.74) is 2.90. The molecule has 1 N–H and O–H groups in total. The van der Waals surface area contributed by atoms with Crippen LogP contribution in [0.1, 0.15) is 21.5 Å². The lowest BCUT2D eigenvalue weighted by Crippen LogP contribution is -2.40. The van der Waals surface area contributed by atoms with Crippen molar-refractivity contribution in [1.29, 1.82) is 0 Å². The number of para-hydroxylation sites is 1. The average Bonchev–Trinajstić information content (AvgIpc) is 2.96. The third kappa shape index (κ3) is 2.58. The molecule has 25 heavy (non-hydrogen) atoms. The van der Waals surface area contributed by atoms with Crippen molar-refractivity contribution in [3.8, 4) is 5.75 Å². The molecule has 3 aromatic carbocycles. The third-order valence-electron chi connectivity index (χ3n) is 4.80. The van der Waals surface area contributed by atoms with Crippen LogP contribution in [0.4, 0.5) is 5.69 Å². The molecule has 3 nitrogen and oxygen atoms in total. The average molecular weight is 329 g/mol. The predicted octanol–water partition coefficient (Wildman–Crippen LogP) is 4.44. The Morgan fingerprint density at radius 1 is 0.880 bits per heavy atom. The van der Waals surface area contributed by atoms with Gasteiger partial charge in [0.25, 0.3) is 0 Å². The van der Waals surface area contributed by atoms with E-state index in [4.69, 9.17) is 4.74 Å². The van der Waals surface area contributed by atoms with Gasteiger partial charge in [-0.1, -0.05) is 54.6 Å². The van der Waals surface area contributed by atoms with Gasteiger partial charge in [-0.05, 0) is 35.4 Å². The molecule has 0 saturated heterocycles. The molecule has 1 heterocycles. The van der Waals surface area contributed by atoms with Gasteiger partial charge in [0.2, 0.25) is 0 Å². The van der Waals surface area contributed by atoms with Gasteiger partial charge in [-0.3, -0.25) is 4.79 Å². The number of hydrogen-bond donors (Lipinski definition) is 1. The molecule has 0 saturated carbocycles. The summed E-state index contributed by atoms with van der Waals surface area (Å²) in [4.78, 5) is 13.4. The smallest absolute Gasteiger partial charge is 0.195 e. The third-order valence-corrected chi connectivity index (χ3v) is 4.80. The summed E-state index contributed by atoms with van der Waals surface area (Å²) in [5.74, 6) is 0.888. The monoisotopic (exact) mass is 329 g/mol. The van der Waals surface area contributed by atoms with Gasteiger partial charge in [0.1, 0.15) is 11.3 Å². The number of ketones is 1. The first-order valence-electron chi connectivity index (χ1n) is 8.33. The molecule has 0 bridgehead atoms. The minimum Gasteiger partial charge on any atom is -0.497 e. The first-order chi connectivity index (χ1) is 12.2. The lowest BCUT2D eigenvalue weighted by molar-refractivity contribution is 0.0916. The van der Waals surface area contributed by atoms with Crippen LogP contribution in [0.3, 0.4) is 0 Å². The van der Waals surface area contributed by atoms with Crippen LogP contribution in [0.2, 0.25) is 0 Å². The predicted molar refractivity (Wildman–Crippen MR) is 99.2 cm³/mol. The molecule has 0 aromatic heterocycles. The van der Waals surface area contributed by atoms with Crippen LogP contribution < -0.4 is 10.1 Å². The van der Waals surface area contributed by atoms with Gasteiger partial charge in [0.05, 0.1) is 7.11 Å². The van der Waals surface area contributed by atoms with Crippen molar-refractivity contribution in [2.45, 2.75) is 12.0 Å². The number of Topliss-reactive ketones (excluding diaryl/α,β-unsaturated/α-hetero) is 1. The fraction of sp³-hybridized carbons (Fsp3) is 0.136. The van der Waals surface area contributed by atoms with E-state index in [0.717, 1.165) is 28.1 Å². The second-order valence-corrected chi connectivity index (χ2v) is 6.30. The van der Waals surface area contributed by atoms with E-state index in [0.29, 0.717) is 6.42 Å². The van der Waals surface area contributed by atoms with E-state index in [1.807, 2.05) is 66.7 Å². The number of rotatable bonds is 4. The Morgan fingerprint density at radius 3 is 2.24 bits per heavy atom. The molecule has 1 aliphatic rings. The Labute approximate surface area is 147 Å². The van der Waals surface area contributed by atoms with Gasteiger partial charge >= 0.3 is 0 Å². The van der Waals surface area contributed by atoms with E-state index >= 15 is 0 Å². The Bertz CT molecular complexity index is 903. The van der Waals surface area contributed by atoms with E-state index in [2.05, 4.69) is 17.4 Å². The summed E-state index contributed by atoms with van der Waals surface area (Å²) in [6, 6.07) is 25.6. The van der Waals surface area contributed by atoms with Crippen molar-refractivity contribution < 1.29 is 9.53 Å². The quantitative estimate of drug-likeness (QED) is 0.769. The maximum Gasteiger partial charge on any atom is 0.195 e. The van der Waals surface area contributed by atoms with Crippen LogP contribution in [0.5, 0.6) is 5.75 Å². The number of hydrogen-bond acceptors (Lipinski definition) is 3. The topological polar surface area (TPSA) is 38.3 Å². The summed E-state index contributed by atoms with van der Waals surface area (Å²) in [6.07, 6.45) is 0.591. The number of fused-ring (bicyclic) bond motifs is 1.